The molecule has 0 amide bonds. The molecule has 1 heterocycles. The number of anilines is 3. The first-order valence-corrected chi connectivity index (χ1v) is 26.6. The molecule has 12 aromatic carbocycles. The van der Waals surface area contributed by atoms with Crippen LogP contribution < -0.4 is 4.90 Å². The maximum absolute atomic E-state index is 2.50. The van der Waals surface area contributed by atoms with Crippen LogP contribution in [0.4, 0.5) is 17.1 Å². The van der Waals surface area contributed by atoms with E-state index in [0.717, 1.165) is 22.7 Å². The van der Waals surface area contributed by atoms with Crippen LogP contribution >= 0.6 is 0 Å². The van der Waals surface area contributed by atoms with Crippen molar-refractivity contribution in [3.8, 4) is 61.3 Å². The molecule has 0 bridgehead atoms. The lowest BCUT2D eigenvalue weighted by Gasteiger charge is -2.32. The predicted molar refractivity (Wildman–Crippen MR) is 313 cm³/mol. The van der Waals surface area contributed by atoms with Crippen LogP contribution in [0.15, 0.2) is 279 Å². The third kappa shape index (κ3) is 5.30. The van der Waals surface area contributed by atoms with Gasteiger partial charge in [-0.15, -0.1) is 0 Å². The highest BCUT2D eigenvalue weighted by atomic mass is 15.1. The Morgan fingerprint density at radius 2 is 0.592 bits per heavy atom. The SMILES string of the molecule is c1ccc(-n2c3ccccc3c3cc(-c4ccc(N(c5ccc6c(c5)-c5ccccc5C65c6ccccc6-c6ccccc65)c5ccc6c(c5)-c5ccccc5C65c6ccccc6-c6ccccc65)cc4)ccc32)cc1. The minimum absolute atomic E-state index is 0.419. The fourth-order valence-corrected chi connectivity index (χ4v) is 14.7. The van der Waals surface area contributed by atoms with Gasteiger partial charge in [-0.05, 0) is 167 Å². The third-order valence-corrected chi connectivity index (χ3v) is 17.6. The number of nitrogens with zero attached hydrogens (tertiary/aromatic N) is 2. The minimum atomic E-state index is -0.419. The van der Waals surface area contributed by atoms with Gasteiger partial charge < -0.3 is 9.47 Å². The Bertz CT molecular complexity index is 4310. The molecule has 0 atom stereocenters. The van der Waals surface area contributed by atoms with Crippen LogP contribution in [0.5, 0.6) is 0 Å². The molecule has 4 aliphatic rings. The van der Waals surface area contributed by atoms with Crippen LogP contribution in [0.2, 0.25) is 0 Å². The van der Waals surface area contributed by atoms with Gasteiger partial charge in [-0.2, -0.15) is 0 Å². The number of fused-ring (bicyclic) bond motifs is 23. The van der Waals surface area contributed by atoms with E-state index in [1.807, 2.05) is 0 Å². The summed E-state index contributed by atoms with van der Waals surface area (Å²) in [5, 5.41) is 2.50. The average molecular weight is 963 g/mol. The summed E-state index contributed by atoms with van der Waals surface area (Å²) in [6, 6.07) is 105. The zero-order chi connectivity index (χ0) is 49.7. The lowest BCUT2D eigenvalue weighted by molar-refractivity contribution is 0.793. The summed E-state index contributed by atoms with van der Waals surface area (Å²) in [6.07, 6.45) is 0. The molecular formula is C74H46N2. The highest BCUT2D eigenvalue weighted by Gasteiger charge is 2.53. The van der Waals surface area contributed by atoms with Gasteiger partial charge in [-0.25, -0.2) is 0 Å². The number of rotatable bonds is 5. The molecule has 13 aromatic rings. The fraction of sp³-hybridized carbons (Fsp3) is 0.0270. The number of para-hydroxylation sites is 2. The van der Waals surface area contributed by atoms with Crippen molar-refractivity contribution in [3.63, 3.8) is 0 Å². The van der Waals surface area contributed by atoms with Crippen molar-refractivity contribution in [2.75, 3.05) is 4.90 Å². The van der Waals surface area contributed by atoms with Gasteiger partial charge in [0.05, 0.1) is 21.9 Å². The van der Waals surface area contributed by atoms with Gasteiger partial charge in [-0.3, -0.25) is 0 Å². The van der Waals surface area contributed by atoms with Crippen molar-refractivity contribution < 1.29 is 0 Å². The number of hydrogen-bond acceptors (Lipinski definition) is 1. The third-order valence-electron chi connectivity index (χ3n) is 17.6. The molecule has 0 unspecified atom stereocenters. The van der Waals surface area contributed by atoms with Crippen LogP contribution in [0.25, 0.3) is 83.1 Å². The van der Waals surface area contributed by atoms with Gasteiger partial charge in [0, 0.05) is 33.5 Å². The van der Waals surface area contributed by atoms with Gasteiger partial charge in [0.1, 0.15) is 0 Å². The van der Waals surface area contributed by atoms with Crippen LogP contribution in [0.1, 0.15) is 44.5 Å². The van der Waals surface area contributed by atoms with Gasteiger partial charge in [0.2, 0.25) is 0 Å². The zero-order valence-corrected chi connectivity index (χ0v) is 41.5. The molecule has 0 fully saturated rings. The second kappa shape index (κ2) is 15.4. The van der Waals surface area contributed by atoms with E-state index < -0.39 is 10.8 Å². The molecule has 0 radical (unpaired) electrons. The van der Waals surface area contributed by atoms with Crippen LogP contribution in [0.3, 0.4) is 0 Å². The number of aromatic nitrogens is 1. The lowest BCUT2D eigenvalue weighted by atomic mass is 9.70. The summed E-state index contributed by atoms with van der Waals surface area (Å²) >= 11 is 0. The maximum Gasteiger partial charge on any atom is 0.0725 e. The second-order valence-electron chi connectivity index (χ2n) is 21.0. The monoisotopic (exact) mass is 962 g/mol. The second-order valence-corrected chi connectivity index (χ2v) is 21.0. The summed E-state index contributed by atoms with van der Waals surface area (Å²) in [5.41, 5.74) is 29.6. The number of hydrogen-bond donors (Lipinski definition) is 0. The van der Waals surface area contributed by atoms with Crippen molar-refractivity contribution in [2.45, 2.75) is 10.8 Å². The molecule has 0 saturated carbocycles. The topological polar surface area (TPSA) is 8.17 Å². The average Bonchev–Trinajstić information content (AvgIpc) is 4.32. The Labute approximate surface area is 441 Å². The molecule has 0 saturated heterocycles. The first-order chi connectivity index (χ1) is 37.7. The summed E-state index contributed by atoms with van der Waals surface area (Å²) in [7, 11) is 0. The molecule has 1 aromatic heterocycles. The Kier molecular flexibility index (Phi) is 8.44. The number of benzene rings is 12. The van der Waals surface area contributed by atoms with E-state index in [-0.39, 0.29) is 0 Å². The molecule has 76 heavy (non-hydrogen) atoms. The molecule has 0 N–H and O–H groups in total. The molecular weight excluding hydrogens is 917 g/mol. The molecule has 0 aliphatic heterocycles. The predicted octanol–water partition coefficient (Wildman–Crippen LogP) is 18.6. The first kappa shape index (κ1) is 41.7. The van der Waals surface area contributed by atoms with E-state index in [1.165, 1.54) is 122 Å². The van der Waals surface area contributed by atoms with E-state index in [2.05, 4.69) is 289 Å². The lowest BCUT2D eigenvalue weighted by Crippen LogP contribution is -2.26. The van der Waals surface area contributed by atoms with Gasteiger partial charge in [0.15, 0.2) is 0 Å². The van der Waals surface area contributed by atoms with Crippen molar-refractivity contribution >= 4 is 38.9 Å². The molecule has 2 nitrogen and oxygen atoms in total. The smallest absolute Gasteiger partial charge is 0.0725 e. The van der Waals surface area contributed by atoms with Gasteiger partial charge >= 0.3 is 0 Å². The van der Waals surface area contributed by atoms with E-state index in [0.29, 0.717) is 0 Å². The molecule has 17 rings (SSSR count). The summed E-state index contributed by atoms with van der Waals surface area (Å²) in [6.45, 7) is 0. The standard InChI is InChI=1S/C74H46N2/c1-2-18-49(19-3-1)76-71-33-17-10-26-59(71)62-44-48(36-43-72(62)76)47-34-37-50(38-35-47)75(51-39-41-69-60(45-51)57-24-8-15-31-67(57)73(69)63-27-11-4-20-53(63)54-21-5-12-28-64(54)73)52-40-42-70-61(46-52)58-25-9-16-32-68(58)74(70)65-29-13-6-22-55(65)56-23-7-14-30-66(56)74/h1-46H. The van der Waals surface area contributed by atoms with E-state index in [4.69, 9.17) is 0 Å². The first-order valence-electron chi connectivity index (χ1n) is 26.6. The molecule has 2 spiro atoms. The van der Waals surface area contributed by atoms with E-state index in [9.17, 15) is 0 Å². The maximum atomic E-state index is 2.50. The molecule has 4 aliphatic carbocycles. The van der Waals surface area contributed by atoms with E-state index in [1.54, 1.807) is 0 Å². The van der Waals surface area contributed by atoms with Crippen molar-refractivity contribution in [2.24, 2.45) is 0 Å². The van der Waals surface area contributed by atoms with Crippen molar-refractivity contribution in [1.82, 2.24) is 4.57 Å². The van der Waals surface area contributed by atoms with Gasteiger partial charge in [-0.1, -0.05) is 212 Å². The molecule has 2 heteroatoms. The fourth-order valence-electron chi connectivity index (χ4n) is 14.7. The molecule has 352 valence electrons. The zero-order valence-electron chi connectivity index (χ0n) is 41.5. The van der Waals surface area contributed by atoms with Crippen molar-refractivity contribution in [1.29, 1.82) is 0 Å². The van der Waals surface area contributed by atoms with Crippen LogP contribution in [-0.2, 0) is 10.8 Å². The normalized spacial score (nSPS) is 14.0. The summed E-state index contributed by atoms with van der Waals surface area (Å²) in [4.78, 5) is 2.50. The van der Waals surface area contributed by atoms with Crippen LogP contribution in [-0.4, -0.2) is 4.57 Å². The van der Waals surface area contributed by atoms with Crippen LogP contribution in [0, 0.1) is 0 Å². The Morgan fingerprint density at radius 1 is 0.237 bits per heavy atom. The van der Waals surface area contributed by atoms with Crippen molar-refractivity contribution in [3.05, 3.63) is 324 Å². The Hall–Kier alpha value is -9.76. The largest absolute Gasteiger partial charge is 0.310 e. The quantitative estimate of drug-likeness (QED) is 0.167. The van der Waals surface area contributed by atoms with Gasteiger partial charge in [0.25, 0.3) is 0 Å². The Balaban J connectivity index is 0.864. The highest BCUT2D eigenvalue weighted by molar-refractivity contribution is 6.10. The minimum Gasteiger partial charge on any atom is -0.310 e. The summed E-state index contributed by atoms with van der Waals surface area (Å²) in [5.74, 6) is 0. The van der Waals surface area contributed by atoms with E-state index >= 15 is 0 Å². The highest BCUT2D eigenvalue weighted by Crippen LogP contribution is 2.65. The summed E-state index contributed by atoms with van der Waals surface area (Å²) < 4.78 is 2.39. The Morgan fingerprint density at radius 3 is 1.07 bits per heavy atom.